The molecule has 26 heavy (non-hydrogen) atoms. The molecule has 1 saturated heterocycles. The second kappa shape index (κ2) is 18.3. The number of nitrogens with zero attached hydrogens (tertiary/aromatic N) is 1. The highest BCUT2D eigenvalue weighted by atomic mass is 16.4. The van der Waals surface area contributed by atoms with E-state index in [1.807, 2.05) is 0 Å². The molecule has 1 rings (SSSR count). The summed E-state index contributed by atoms with van der Waals surface area (Å²) in [5.41, 5.74) is 5.01. The van der Waals surface area contributed by atoms with Gasteiger partial charge in [-0.25, -0.2) is 0 Å². The van der Waals surface area contributed by atoms with Crippen LogP contribution in [0, 0.1) is 5.41 Å². The summed E-state index contributed by atoms with van der Waals surface area (Å²) >= 11 is 0. The topological polar surface area (TPSA) is 90.2 Å². The number of unbranched alkanes of at least 4 members (excludes halogenated alkanes) is 11. The second-order valence-electron chi connectivity index (χ2n) is 7.10. The first kappa shape index (κ1) is 24.5. The van der Waals surface area contributed by atoms with Gasteiger partial charge in [-0.1, -0.05) is 70.4 Å². The van der Waals surface area contributed by atoms with E-state index < -0.39 is 5.97 Å². The lowest BCUT2D eigenvalue weighted by Crippen LogP contribution is -2.19. The number of hydrogen-bond donors (Lipinski definition) is 3. The Hall–Kier alpha value is -1.52. The predicted molar refractivity (Wildman–Crippen MR) is 111 cm³/mol. The highest BCUT2D eigenvalue weighted by Crippen LogP contribution is 2.09. The highest BCUT2D eigenvalue weighted by molar-refractivity contribution is 5.76. The van der Waals surface area contributed by atoms with Gasteiger partial charge >= 0.3 is 5.97 Å². The zero-order chi connectivity index (χ0) is 19.5. The first-order chi connectivity index (χ1) is 12.6. The van der Waals surface area contributed by atoms with Crippen molar-refractivity contribution in [2.24, 2.45) is 5.73 Å². The summed E-state index contributed by atoms with van der Waals surface area (Å²) in [6.07, 6.45) is 21.2. The van der Waals surface area contributed by atoms with Gasteiger partial charge < -0.3 is 15.7 Å². The van der Waals surface area contributed by atoms with Crippen LogP contribution < -0.4 is 5.73 Å². The summed E-state index contributed by atoms with van der Waals surface area (Å²) < 4.78 is 0. The minimum Gasteiger partial charge on any atom is -0.481 e. The molecule has 1 fully saturated rings. The van der Waals surface area contributed by atoms with Crippen molar-refractivity contribution in [2.75, 3.05) is 13.1 Å². The number of allylic oxidation sites excluding steroid dienone is 2. The van der Waals surface area contributed by atoms with E-state index >= 15 is 0 Å². The van der Waals surface area contributed by atoms with Gasteiger partial charge in [0.25, 0.3) is 0 Å². The summed E-state index contributed by atoms with van der Waals surface area (Å²) in [5, 5.41) is 15.2. The van der Waals surface area contributed by atoms with Crippen LogP contribution in [0.3, 0.4) is 0 Å². The van der Waals surface area contributed by atoms with Crippen LogP contribution in [-0.2, 0) is 4.79 Å². The average molecular weight is 368 g/mol. The van der Waals surface area contributed by atoms with Crippen molar-refractivity contribution in [3.63, 3.8) is 0 Å². The Labute approximate surface area is 160 Å². The third-order valence-electron chi connectivity index (χ3n) is 4.44. The Kier molecular flexibility index (Phi) is 17.2. The monoisotopic (exact) mass is 367 g/mol. The molecule has 152 valence electrons. The van der Waals surface area contributed by atoms with Crippen molar-refractivity contribution in [3.05, 3.63) is 12.2 Å². The third-order valence-corrected chi connectivity index (χ3v) is 4.44. The maximum atomic E-state index is 10.3. The van der Waals surface area contributed by atoms with Gasteiger partial charge in [-0.15, -0.1) is 0 Å². The van der Waals surface area contributed by atoms with Crippen LogP contribution in [0.1, 0.15) is 96.8 Å². The number of carboxylic acid groups (broad SMARTS) is 1. The maximum Gasteiger partial charge on any atom is 0.303 e. The second-order valence-corrected chi connectivity index (χ2v) is 7.10. The molecule has 0 atom stereocenters. The molecule has 0 bridgehead atoms. The summed E-state index contributed by atoms with van der Waals surface area (Å²) in [7, 11) is 0. The number of nitrogens with one attached hydrogen (secondary N) is 1. The van der Waals surface area contributed by atoms with Crippen LogP contribution in [0.2, 0.25) is 0 Å². The summed E-state index contributed by atoms with van der Waals surface area (Å²) in [6.45, 7) is 4.22. The van der Waals surface area contributed by atoms with Crippen molar-refractivity contribution in [1.82, 2.24) is 4.90 Å². The zero-order valence-electron chi connectivity index (χ0n) is 16.8. The molecule has 0 aromatic heterocycles. The maximum absolute atomic E-state index is 10.3. The molecule has 0 aromatic rings. The van der Waals surface area contributed by atoms with Crippen molar-refractivity contribution in [1.29, 1.82) is 5.41 Å². The first-order valence-corrected chi connectivity index (χ1v) is 10.5. The van der Waals surface area contributed by atoms with Crippen LogP contribution in [0.4, 0.5) is 0 Å². The average Bonchev–Trinajstić information content (AvgIpc) is 3.44. The molecule has 5 nitrogen and oxygen atoms in total. The van der Waals surface area contributed by atoms with Gasteiger partial charge in [0.15, 0.2) is 5.96 Å². The molecule has 0 amide bonds. The van der Waals surface area contributed by atoms with E-state index in [9.17, 15) is 4.79 Å². The lowest BCUT2D eigenvalue weighted by atomic mass is 10.1. The van der Waals surface area contributed by atoms with Crippen molar-refractivity contribution in [2.45, 2.75) is 96.8 Å². The fourth-order valence-corrected chi connectivity index (χ4v) is 2.64. The van der Waals surface area contributed by atoms with Gasteiger partial charge in [-0.05, 0) is 32.1 Å². The molecule has 0 unspecified atom stereocenters. The third kappa shape index (κ3) is 20.5. The fourth-order valence-electron chi connectivity index (χ4n) is 2.64. The lowest BCUT2D eigenvalue weighted by molar-refractivity contribution is -0.137. The largest absolute Gasteiger partial charge is 0.481 e. The molecule has 0 saturated carbocycles. The molecule has 0 aliphatic carbocycles. The first-order valence-electron chi connectivity index (χ1n) is 10.5. The predicted octanol–water partition coefficient (Wildman–Crippen LogP) is 5.30. The van der Waals surface area contributed by atoms with E-state index in [0.29, 0.717) is 6.42 Å². The Balaban J connectivity index is 0.000000867. The van der Waals surface area contributed by atoms with Gasteiger partial charge in [0, 0.05) is 19.5 Å². The van der Waals surface area contributed by atoms with Crippen molar-refractivity contribution >= 4 is 11.9 Å². The number of rotatable bonds is 15. The molecule has 1 aliphatic rings. The fraction of sp³-hybridized carbons (Fsp3) is 0.810. The van der Waals surface area contributed by atoms with Gasteiger partial charge in [0.1, 0.15) is 0 Å². The number of hydrogen-bond acceptors (Lipinski definition) is 2. The summed E-state index contributed by atoms with van der Waals surface area (Å²) in [4.78, 5) is 12.1. The molecule has 4 N–H and O–H groups in total. The molecular formula is C21H41N3O2. The Morgan fingerprint density at radius 1 is 0.923 bits per heavy atom. The normalized spacial score (nSPS) is 12.7. The van der Waals surface area contributed by atoms with E-state index in [-0.39, 0.29) is 5.96 Å². The zero-order valence-corrected chi connectivity index (χ0v) is 16.8. The molecule has 1 aliphatic heterocycles. The van der Waals surface area contributed by atoms with E-state index in [0.717, 1.165) is 25.9 Å². The molecule has 1 heterocycles. The number of aliphatic carboxylic acids is 1. The standard InChI is InChI=1S/C18H34O2.C3H7N3/c1-2-3-4-5-6-7-8-9-10-11-12-13-14-15-16-17-18(19)20;4-3(5)6-1-2-6/h9-10H,2-8,11-17H2,1H3,(H,19,20);1-2H2,(H3,4,5)/b10-9-;. The Bertz CT molecular complexity index is 379. The van der Waals surface area contributed by atoms with Gasteiger partial charge in [-0.2, -0.15) is 0 Å². The molecular weight excluding hydrogens is 326 g/mol. The van der Waals surface area contributed by atoms with E-state index in [4.69, 9.17) is 16.2 Å². The number of nitrogens with two attached hydrogens (primary N) is 1. The SMILES string of the molecule is CCCCCCCC/C=C\CCCCCCCC(=O)O.N=C(N)N1CC1. The van der Waals surface area contributed by atoms with E-state index in [2.05, 4.69) is 19.1 Å². The Morgan fingerprint density at radius 2 is 1.38 bits per heavy atom. The van der Waals surface area contributed by atoms with Crippen LogP contribution in [0.15, 0.2) is 12.2 Å². The molecule has 0 aromatic carbocycles. The molecule has 0 radical (unpaired) electrons. The van der Waals surface area contributed by atoms with Gasteiger partial charge in [0.2, 0.25) is 0 Å². The quantitative estimate of drug-likeness (QED) is 0.120. The minimum absolute atomic E-state index is 0.204. The molecule has 0 spiro atoms. The summed E-state index contributed by atoms with van der Waals surface area (Å²) in [5.74, 6) is -0.461. The van der Waals surface area contributed by atoms with Crippen molar-refractivity contribution in [3.8, 4) is 0 Å². The summed E-state index contributed by atoms with van der Waals surface area (Å²) in [6, 6.07) is 0. The van der Waals surface area contributed by atoms with Gasteiger partial charge in [-0.3, -0.25) is 10.2 Å². The number of carboxylic acids is 1. The van der Waals surface area contributed by atoms with Crippen LogP contribution in [-0.4, -0.2) is 35.0 Å². The molecule has 5 heteroatoms. The van der Waals surface area contributed by atoms with Crippen LogP contribution in [0.25, 0.3) is 0 Å². The van der Waals surface area contributed by atoms with E-state index in [1.165, 1.54) is 70.6 Å². The minimum atomic E-state index is -0.664. The van der Waals surface area contributed by atoms with E-state index in [1.54, 1.807) is 4.90 Å². The van der Waals surface area contributed by atoms with Gasteiger partial charge in [0.05, 0.1) is 0 Å². The van der Waals surface area contributed by atoms with Crippen molar-refractivity contribution < 1.29 is 9.90 Å². The lowest BCUT2D eigenvalue weighted by Gasteiger charge is -1.99. The number of guanidine groups is 1. The van der Waals surface area contributed by atoms with Crippen LogP contribution in [0.5, 0.6) is 0 Å². The highest BCUT2D eigenvalue weighted by Gasteiger charge is 2.17. The smallest absolute Gasteiger partial charge is 0.303 e. The van der Waals surface area contributed by atoms with Crippen LogP contribution >= 0.6 is 0 Å². The number of carbonyl (C=O) groups is 1. The Morgan fingerprint density at radius 3 is 1.77 bits per heavy atom.